The monoisotopic (exact) mass is 515 g/mol. The molecule has 2 aromatic carbocycles. The van der Waals surface area contributed by atoms with E-state index in [-0.39, 0.29) is 11.3 Å². The molecule has 1 fully saturated rings. The van der Waals surface area contributed by atoms with Gasteiger partial charge in [0.1, 0.15) is 35.5 Å². The fraction of sp³-hybridized carbons (Fsp3) is 0.364. The molecule has 1 aliphatic heterocycles. The van der Waals surface area contributed by atoms with Gasteiger partial charge in [0.25, 0.3) is 0 Å². The molecule has 12 heteroatoms. The summed E-state index contributed by atoms with van der Waals surface area (Å²) >= 11 is 7.30. The highest BCUT2D eigenvalue weighted by atomic mass is 35.5. The van der Waals surface area contributed by atoms with Crippen LogP contribution in [-0.4, -0.2) is 66.4 Å². The van der Waals surface area contributed by atoms with Crippen LogP contribution in [0.15, 0.2) is 42.6 Å². The number of nitrogens with zero attached hydrogens (tertiary/aromatic N) is 3. The van der Waals surface area contributed by atoms with E-state index in [2.05, 4.69) is 10.3 Å². The van der Waals surface area contributed by atoms with Crippen molar-refractivity contribution in [3.8, 4) is 11.3 Å². The van der Waals surface area contributed by atoms with Crippen LogP contribution in [0.3, 0.4) is 0 Å². The summed E-state index contributed by atoms with van der Waals surface area (Å²) in [4.78, 5) is 0. The van der Waals surface area contributed by atoms with Crippen LogP contribution in [0.5, 0.6) is 0 Å². The van der Waals surface area contributed by atoms with Gasteiger partial charge in [-0.05, 0) is 42.0 Å². The highest BCUT2D eigenvalue weighted by Crippen LogP contribution is 2.35. The summed E-state index contributed by atoms with van der Waals surface area (Å²) in [6.07, 6.45) is -1.69. The Labute approximate surface area is 202 Å². The highest BCUT2D eigenvalue weighted by Gasteiger charge is 2.46. The van der Waals surface area contributed by atoms with Crippen molar-refractivity contribution < 1.29 is 33.2 Å². The molecule has 0 amide bonds. The van der Waals surface area contributed by atoms with Crippen molar-refractivity contribution in [1.82, 2.24) is 15.0 Å². The van der Waals surface area contributed by atoms with Crippen LogP contribution in [-0.2, 0) is 11.2 Å². The number of ether oxygens (including phenoxy) is 1. The van der Waals surface area contributed by atoms with Crippen LogP contribution >= 0.6 is 23.4 Å². The third-order valence-corrected chi connectivity index (χ3v) is 6.90. The molecule has 3 N–H and O–H groups in total. The number of aliphatic hydroxyl groups excluding tert-OH is 3. The molecule has 34 heavy (non-hydrogen) atoms. The Morgan fingerprint density at radius 3 is 2.50 bits per heavy atom. The zero-order chi connectivity index (χ0) is 24.4. The number of rotatable bonds is 7. The van der Waals surface area contributed by atoms with Gasteiger partial charge in [-0.15, -0.1) is 16.9 Å². The lowest BCUT2D eigenvalue weighted by Gasteiger charge is -2.41. The summed E-state index contributed by atoms with van der Waals surface area (Å²) in [5.74, 6) is -3.81. The summed E-state index contributed by atoms with van der Waals surface area (Å²) in [5.41, 5.74) is 0.137. The fourth-order valence-electron chi connectivity index (χ4n) is 3.76. The van der Waals surface area contributed by atoms with Gasteiger partial charge in [-0.25, -0.2) is 17.9 Å². The van der Waals surface area contributed by atoms with E-state index in [4.69, 9.17) is 16.3 Å². The molecule has 0 saturated carbocycles. The number of hydrogen-bond donors (Lipinski definition) is 3. The van der Waals surface area contributed by atoms with Gasteiger partial charge in [-0.3, -0.25) is 0 Å². The van der Waals surface area contributed by atoms with Gasteiger partial charge in [0.2, 0.25) is 0 Å². The van der Waals surface area contributed by atoms with E-state index in [1.54, 1.807) is 6.07 Å². The minimum atomic E-state index is -1.60. The summed E-state index contributed by atoms with van der Waals surface area (Å²) in [6.45, 7) is -0.508. The van der Waals surface area contributed by atoms with Crippen molar-refractivity contribution in [3.63, 3.8) is 0 Å². The van der Waals surface area contributed by atoms with Crippen molar-refractivity contribution in [2.45, 2.75) is 36.2 Å². The van der Waals surface area contributed by atoms with Crippen molar-refractivity contribution in [3.05, 3.63) is 70.6 Å². The van der Waals surface area contributed by atoms with Crippen LogP contribution in [0, 0.1) is 17.5 Å². The summed E-state index contributed by atoms with van der Waals surface area (Å²) < 4.78 is 47.4. The molecule has 1 saturated heterocycles. The van der Waals surface area contributed by atoms with Crippen LogP contribution in [0.4, 0.5) is 13.2 Å². The normalized spacial score (nSPS) is 25.0. The van der Waals surface area contributed by atoms with E-state index in [0.717, 1.165) is 22.4 Å². The standard InChI is InChI=1S/C22H21ClF3N3O4S/c23-13-3-1-2-11(6-13)4-5-34-22-21(32)19(20(31)17(10-30)33-22)29-9-16(27-28-29)12-7-14(24)18(26)15(25)8-12/h1-3,6-9,17,19-22,30-32H,4-5,10H2/t17-,19+,20+,21-,22-/m1/s1. The van der Waals surface area contributed by atoms with Gasteiger partial charge >= 0.3 is 0 Å². The van der Waals surface area contributed by atoms with Crippen LogP contribution in [0.1, 0.15) is 11.6 Å². The second-order valence-corrected chi connectivity index (χ2v) is 9.43. The maximum atomic E-state index is 13.6. The van der Waals surface area contributed by atoms with Crippen molar-refractivity contribution in [1.29, 1.82) is 0 Å². The highest BCUT2D eigenvalue weighted by molar-refractivity contribution is 7.99. The lowest BCUT2D eigenvalue weighted by molar-refractivity contribution is -0.178. The molecule has 4 rings (SSSR count). The quantitative estimate of drug-likeness (QED) is 0.416. The summed E-state index contributed by atoms with van der Waals surface area (Å²) in [5, 5.41) is 39.6. The van der Waals surface area contributed by atoms with Gasteiger partial charge < -0.3 is 20.1 Å². The van der Waals surface area contributed by atoms with Crippen molar-refractivity contribution in [2.24, 2.45) is 0 Å². The van der Waals surface area contributed by atoms with Crippen LogP contribution in [0.2, 0.25) is 5.02 Å². The maximum absolute atomic E-state index is 13.6. The zero-order valence-electron chi connectivity index (χ0n) is 17.6. The Kier molecular flexibility index (Phi) is 7.80. The van der Waals surface area contributed by atoms with E-state index in [1.165, 1.54) is 18.0 Å². The lowest BCUT2D eigenvalue weighted by atomic mass is 9.97. The predicted octanol–water partition coefficient (Wildman–Crippen LogP) is 2.97. The number of benzene rings is 2. The molecule has 2 heterocycles. The van der Waals surface area contributed by atoms with E-state index >= 15 is 0 Å². The van der Waals surface area contributed by atoms with Gasteiger partial charge in [0.15, 0.2) is 17.5 Å². The molecule has 3 aromatic rings. The average molecular weight is 516 g/mol. The maximum Gasteiger partial charge on any atom is 0.194 e. The number of halogens is 4. The van der Waals surface area contributed by atoms with Crippen molar-refractivity contribution >= 4 is 23.4 Å². The molecule has 1 aromatic heterocycles. The minimum Gasteiger partial charge on any atom is -0.394 e. The summed E-state index contributed by atoms with van der Waals surface area (Å²) in [6, 6.07) is 7.84. The fourth-order valence-corrected chi connectivity index (χ4v) is 5.14. The largest absolute Gasteiger partial charge is 0.394 e. The molecule has 0 radical (unpaired) electrons. The third-order valence-electron chi connectivity index (χ3n) is 5.51. The number of aryl methyl sites for hydroxylation is 1. The topological polar surface area (TPSA) is 101 Å². The Hall–Kier alpha value is -2.15. The molecule has 182 valence electrons. The molecule has 1 aliphatic rings. The van der Waals surface area contributed by atoms with Crippen LogP contribution < -0.4 is 0 Å². The number of hydrogen-bond acceptors (Lipinski definition) is 7. The first-order chi connectivity index (χ1) is 16.3. The Bertz CT molecular complexity index is 1130. The molecule has 0 aliphatic carbocycles. The summed E-state index contributed by atoms with van der Waals surface area (Å²) in [7, 11) is 0. The Balaban J connectivity index is 1.52. The SMILES string of the molecule is OC[C@H]1O[C@H](SCCc2cccc(Cl)c2)[C@H](O)[C@@H](n2cc(-c3cc(F)c(F)c(F)c3)nn2)[C@H]1O. The first-order valence-corrected chi connectivity index (χ1v) is 11.8. The molecule has 0 bridgehead atoms. The Morgan fingerprint density at radius 1 is 1.09 bits per heavy atom. The van der Waals surface area contributed by atoms with E-state index in [1.807, 2.05) is 18.2 Å². The minimum absolute atomic E-state index is 0.00870. The zero-order valence-corrected chi connectivity index (χ0v) is 19.1. The molecule has 5 atom stereocenters. The molecule has 0 unspecified atom stereocenters. The first-order valence-electron chi connectivity index (χ1n) is 10.3. The van der Waals surface area contributed by atoms with Crippen LogP contribution in [0.25, 0.3) is 11.3 Å². The smallest absolute Gasteiger partial charge is 0.194 e. The second-order valence-electron chi connectivity index (χ2n) is 7.79. The van der Waals surface area contributed by atoms with E-state index in [9.17, 15) is 28.5 Å². The van der Waals surface area contributed by atoms with E-state index < -0.39 is 53.8 Å². The van der Waals surface area contributed by atoms with Gasteiger partial charge in [0, 0.05) is 10.6 Å². The first kappa shape index (κ1) is 25.0. The van der Waals surface area contributed by atoms with Gasteiger partial charge in [-0.1, -0.05) is 28.9 Å². The average Bonchev–Trinajstić information content (AvgIpc) is 3.28. The predicted molar refractivity (Wildman–Crippen MR) is 120 cm³/mol. The number of aromatic nitrogens is 3. The molecular formula is C22H21ClF3N3O4S. The van der Waals surface area contributed by atoms with Crippen molar-refractivity contribution in [2.75, 3.05) is 12.4 Å². The number of aliphatic hydroxyl groups is 3. The Morgan fingerprint density at radius 2 is 1.82 bits per heavy atom. The molecule has 0 spiro atoms. The second kappa shape index (κ2) is 10.6. The van der Waals surface area contributed by atoms with E-state index in [0.29, 0.717) is 17.2 Å². The molecular weight excluding hydrogens is 495 g/mol. The lowest BCUT2D eigenvalue weighted by Crippen LogP contribution is -2.55. The molecule has 7 nitrogen and oxygen atoms in total. The third kappa shape index (κ3) is 5.24. The van der Waals surface area contributed by atoms with Gasteiger partial charge in [0.05, 0.1) is 12.8 Å². The number of thioether (sulfide) groups is 1. The van der Waals surface area contributed by atoms with Gasteiger partial charge in [-0.2, -0.15) is 0 Å².